The molecule has 0 aromatic rings. The van der Waals surface area contributed by atoms with E-state index >= 15 is 0 Å². The quantitative estimate of drug-likeness (QED) is 0.211. The van der Waals surface area contributed by atoms with Crippen LogP contribution in [0.25, 0.3) is 0 Å². The molecule has 0 radical (unpaired) electrons. The summed E-state index contributed by atoms with van der Waals surface area (Å²) in [5.41, 5.74) is 0. The molecule has 0 rings (SSSR count). The molecule has 0 bridgehead atoms. The van der Waals surface area contributed by atoms with Gasteiger partial charge in [-0.25, -0.2) is 4.79 Å². The summed E-state index contributed by atoms with van der Waals surface area (Å²) in [4.78, 5) is 14.5. The van der Waals surface area contributed by atoms with Gasteiger partial charge in [-0.2, -0.15) is 8.42 Å². The molecule has 0 heterocycles. The summed E-state index contributed by atoms with van der Waals surface area (Å²) >= 11 is 0. The van der Waals surface area contributed by atoms with Crippen LogP contribution in [0.1, 0.15) is 32.6 Å². The van der Waals surface area contributed by atoms with Gasteiger partial charge < -0.3 is 0 Å². The second-order valence-electron chi connectivity index (χ2n) is 3.00. The Hall–Kier alpha value is -0.114. The van der Waals surface area contributed by atoms with E-state index in [2.05, 4.69) is 15.8 Å². The highest BCUT2D eigenvalue weighted by Crippen LogP contribution is 2.04. The van der Waals surface area contributed by atoms with Gasteiger partial charge in [-0.3, -0.25) is 4.89 Å². The fourth-order valence-corrected chi connectivity index (χ4v) is 1.66. The molecule has 0 N–H and O–H groups in total. The van der Waals surface area contributed by atoms with Gasteiger partial charge in [-0.1, -0.05) is 37.1 Å². The summed E-state index contributed by atoms with van der Waals surface area (Å²) < 4.78 is 26.2. The van der Waals surface area contributed by atoms with E-state index in [0.29, 0.717) is 6.42 Å². The van der Waals surface area contributed by atoms with Crippen LogP contribution in [0.15, 0.2) is 12.7 Å². The fourth-order valence-electron chi connectivity index (χ4n) is 0.859. The summed E-state index contributed by atoms with van der Waals surface area (Å²) in [6.07, 6.45) is 4.14. The molecule has 0 saturated heterocycles. The van der Waals surface area contributed by atoms with Crippen molar-refractivity contribution in [2.24, 2.45) is 0 Å². The number of hydrogen-bond acceptors (Lipinski definition) is 5. The number of unbranched alkanes of at least 4 members (excludes halogenated alkanes) is 3. The van der Waals surface area contributed by atoms with Crippen LogP contribution in [0.5, 0.6) is 0 Å². The first-order valence-corrected chi connectivity index (χ1v) is 6.34. The van der Waals surface area contributed by atoms with Crippen molar-refractivity contribution in [2.45, 2.75) is 32.6 Å². The Morgan fingerprint density at radius 2 is 1.94 bits per heavy atom. The van der Waals surface area contributed by atoms with Crippen LogP contribution >= 0.6 is 0 Å². The van der Waals surface area contributed by atoms with Gasteiger partial charge in [0, 0.05) is 6.08 Å². The van der Waals surface area contributed by atoms with E-state index in [9.17, 15) is 13.2 Å². The zero-order chi connectivity index (χ0) is 11.7. The third-order valence-corrected chi connectivity index (χ3v) is 2.70. The summed E-state index contributed by atoms with van der Waals surface area (Å²) in [5, 5.41) is 0. The molecular formula is C9H18MgO5S. The molecule has 16 heavy (non-hydrogen) atoms. The first-order chi connectivity index (χ1) is 7.02. The maximum Gasteiger partial charge on any atom is 0.366 e. The molecule has 0 fully saturated rings. The molecule has 0 aliphatic heterocycles. The van der Waals surface area contributed by atoms with Crippen LogP contribution < -0.4 is 0 Å². The van der Waals surface area contributed by atoms with E-state index in [-0.39, 0.29) is 28.8 Å². The molecule has 0 aliphatic carbocycles. The van der Waals surface area contributed by atoms with Crippen LogP contribution in [0.3, 0.4) is 0 Å². The van der Waals surface area contributed by atoms with Crippen molar-refractivity contribution in [3.8, 4) is 0 Å². The zero-order valence-electron chi connectivity index (χ0n) is 8.77. The van der Waals surface area contributed by atoms with E-state index < -0.39 is 16.1 Å². The minimum Gasteiger partial charge on any atom is -0.277 e. The Morgan fingerprint density at radius 3 is 2.44 bits per heavy atom. The van der Waals surface area contributed by atoms with Crippen molar-refractivity contribution < 1.29 is 22.4 Å². The van der Waals surface area contributed by atoms with Crippen LogP contribution in [0.4, 0.5) is 0 Å². The van der Waals surface area contributed by atoms with Crippen molar-refractivity contribution >= 4 is 39.1 Å². The molecule has 0 saturated carbocycles. The van der Waals surface area contributed by atoms with Crippen molar-refractivity contribution in [1.82, 2.24) is 0 Å². The summed E-state index contributed by atoms with van der Waals surface area (Å²) in [5.74, 6) is -1.07. The van der Waals surface area contributed by atoms with Crippen molar-refractivity contribution in [2.75, 3.05) is 5.75 Å². The Kier molecular flexibility index (Phi) is 11.5. The molecule has 0 aliphatic rings. The van der Waals surface area contributed by atoms with E-state index in [1.165, 1.54) is 0 Å². The maximum absolute atomic E-state index is 11.1. The predicted octanol–water partition coefficient (Wildman–Crippen LogP) is 0.641. The van der Waals surface area contributed by atoms with E-state index in [4.69, 9.17) is 0 Å². The minimum atomic E-state index is -3.76. The monoisotopic (exact) mass is 262 g/mol. The number of carbonyl (C=O) groups excluding carboxylic acids is 1. The van der Waals surface area contributed by atoms with Gasteiger partial charge in [-0.15, -0.1) is 0 Å². The fraction of sp³-hybridized carbons (Fsp3) is 0.667. The first-order valence-electron chi connectivity index (χ1n) is 4.77. The lowest BCUT2D eigenvalue weighted by molar-refractivity contribution is -0.204. The molecule has 0 spiro atoms. The molecule has 0 aromatic carbocycles. The maximum atomic E-state index is 11.1. The normalized spacial score (nSPS) is 10.3. The summed E-state index contributed by atoms with van der Waals surface area (Å²) in [6.45, 7) is 5.12. The van der Waals surface area contributed by atoms with Gasteiger partial charge >= 0.3 is 39.1 Å². The second-order valence-corrected chi connectivity index (χ2v) is 4.66. The highest BCUT2D eigenvalue weighted by atomic mass is 32.2. The Bertz CT molecular complexity index is 299. The molecule has 5 nitrogen and oxygen atoms in total. The van der Waals surface area contributed by atoms with Crippen LogP contribution in [-0.4, -0.2) is 43.2 Å². The van der Waals surface area contributed by atoms with Crippen molar-refractivity contribution in [3.63, 3.8) is 0 Å². The summed E-state index contributed by atoms with van der Waals surface area (Å²) in [7, 11) is -3.76. The molecule has 92 valence electrons. The second kappa shape index (κ2) is 10.1. The van der Waals surface area contributed by atoms with E-state index in [0.717, 1.165) is 25.3 Å². The van der Waals surface area contributed by atoms with Crippen LogP contribution in [0.2, 0.25) is 0 Å². The Labute approximate surface area is 112 Å². The lowest BCUT2D eigenvalue weighted by Gasteiger charge is -2.02. The average molecular weight is 263 g/mol. The van der Waals surface area contributed by atoms with Gasteiger partial charge in [0.05, 0.1) is 5.75 Å². The van der Waals surface area contributed by atoms with Gasteiger partial charge in [0.15, 0.2) is 0 Å². The van der Waals surface area contributed by atoms with Gasteiger partial charge in [0.1, 0.15) is 0 Å². The third-order valence-electron chi connectivity index (χ3n) is 1.63. The van der Waals surface area contributed by atoms with Gasteiger partial charge in [0.25, 0.3) is 0 Å². The molecule has 0 amide bonds. The van der Waals surface area contributed by atoms with Crippen molar-refractivity contribution in [1.29, 1.82) is 0 Å². The van der Waals surface area contributed by atoms with E-state index in [1.807, 2.05) is 6.92 Å². The largest absolute Gasteiger partial charge is 0.366 e. The first kappa shape index (κ1) is 18.3. The summed E-state index contributed by atoms with van der Waals surface area (Å²) in [6, 6.07) is 0. The zero-order valence-corrected chi connectivity index (χ0v) is 9.59. The number of carbonyl (C=O) groups is 1. The van der Waals surface area contributed by atoms with Crippen LogP contribution in [-0.2, 0) is 24.1 Å². The van der Waals surface area contributed by atoms with Crippen LogP contribution in [0, 0.1) is 0 Å². The Balaban J connectivity index is 0. The minimum absolute atomic E-state index is 0. The molecular weight excluding hydrogens is 244 g/mol. The lowest BCUT2D eigenvalue weighted by atomic mass is 10.2. The highest BCUT2D eigenvalue weighted by Gasteiger charge is 2.13. The highest BCUT2D eigenvalue weighted by molar-refractivity contribution is 7.86. The number of rotatable bonds is 8. The SMILES string of the molecule is C=CC(=O)OOS(=O)(=O)CCCCCC.[MgH2]. The molecule has 0 atom stereocenters. The predicted molar refractivity (Wildman–Crippen MR) is 63.8 cm³/mol. The molecule has 7 heteroatoms. The van der Waals surface area contributed by atoms with Crippen molar-refractivity contribution in [3.05, 3.63) is 12.7 Å². The third kappa shape index (κ3) is 10.4. The van der Waals surface area contributed by atoms with Gasteiger partial charge in [-0.05, 0) is 6.42 Å². The standard InChI is InChI=1S/C9H16O5S.Mg.2H/c1-3-5-6-7-8-15(11,12)14-13-9(10)4-2;;;/h4H,2-3,5-8H2,1H3;;;. The molecule has 0 unspecified atom stereocenters. The smallest absolute Gasteiger partial charge is 0.277 e. The average Bonchev–Trinajstić information content (AvgIpc) is 2.21. The topological polar surface area (TPSA) is 69.7 Å². The lowest BCUT2D eigenvalue weighted by Crippen LogP contribution is -2.13. The number of hydrogen-bond donors (Lipinski definition) is 0. The van der Waals surface area contributed by atoms with E-state index in [1.54, 1.807) is 0 Å². The Morgan fingerprint density at radius 1 is 1.31 bits per heavy atom. The molecule has 0 aromatic heterocycles. The van der Waals surface area contributed by atoms with Gasteiger partial charge in [0.2, 0.25) is 0 Å².